The molecule has 0 aromatic rings. The predicted octanol–water partition coefficient (Wildman–Crippen LogP) is 4.30. The average Bonchev–Trinajstić information content (AvgIpc) is 2.26. The first kappa shape index (κ1) is 18.4. The molecule has 0 unspecified atom stereocenters. The molecule has 0 aliphatic rings. The highest BCUT2D eigenvalue weighted by molar-refractivity contribution is 6.77. The van der Waals surface area contributed by atoms with Crippen LogP contribution in [0, 0.1) is 0 Å². The van der Waals surface area contributed by atoms with Crippen LogP contribution in [0.4, 0.5) is 0 Å². The molecule has 0 atom stereocenters. The summed E-state index contributed by atoms with van der Waals surface area (Å²) in [6.45, 7) is 19.5. The van der Waals surface area contributed by atoms with Gasteiger partial charge in [-0.2, -0.15) is 0 Å². The molecular formula is C15H30O3Si. The maximum atomic E-state index is 11.3. The van der Waals surface area contributed by atoms with Gasteiger partial charge in [-0.1, -0.05) is 48.1 Å². The summed E-state index contributed by atoms with van der Waals surface area (Å²) in [5.41, 5.74) is 2.07. The second-order valence-corrected chi connectivity index (χ2v) is 11.5. The summed E-state index contributed by atoms with van der Waals surface area (Å²) < 4.78 is 11.4. The van der Waals surface area contributed by atoms with Crippen LogP contribution in [-0.4, -0.2) is 27.5 Å². The lowest BCUT2D eigenvalue weighted by atomic mass is 10.4. The van der Waals surface area contributed by atoms with E-state index >= 15 is 0 Å². The topological polar surface area (TPSA) is 35.5 Å². The molecular weight excluding hydrogens is 256 g/mol. The van der Waals surface area contributed by atoms with Crippen LogP contribution in [0.1, 0.15) is 48.5 Å². The van der Waals surface area contributed by atoms with Crippen molar-refractivity contribution in [3.8, 4) is 0 Å². The summed E-state index contributed by atoms with van der Waals surface area (Å²) in [6.07, 6.45) is 0. The Hall–Kier alpha value is -0.613. The van der Waals surface area contributed by atoms with Gasteiger partial charge in [-0.15, -0.1) is 0 Å². The molecule has 0 radical (unpaired) electrons. The number of rotatable bonds is 8. The first-order valence-electron chi connectivity index (χ1n) is 7.12. The highest BCUT2D eigenvalue weighted by Crippen LogP contribution is 2.42. The first-order chi connectivity index (χ1) is 8.66. The molecule has 112 valence electrons. The molecule has 0 saturated heterocycles. The fourth-order valence-electron chi connectivity index (χ4n) is 2.98. The molecule has 0 bridgehead atoms. The van der Waals surface area contributed by atoms with Crippen molar-refractivity contribution in [3.05, 3.63) is 12.2 Å². The third kappa shape index (κ3) is 4.77. The quantitative estimate of drug-likeness (QED) is 0.289. The van der Waals surface area contributed by atoms with Crippen molar-refractivity contribution in [2.24, 2.45) is 0 Å². The molecule has 0 heterocycles. The summed E-state index contributed by atoms with van der Waals surface area (Å²) in [5, 5.41) is 0. The van der Waals surface area contributed by atoms with Gasteiger partial charge in [0.1, 0.15) is 6.61 Å². The van der Waals surface area contributed by atoms with E-state index in [1.54, 1.807) is 6.92 Å². The van der Waals surface area contributed by atoms with Gasteiger partial charge in [0.05, 0.1) is 6.61 Å². The van der Waals surface area contributed by atoms with Crippen LogP contribution in [0.5, 0.6) is 0 Å². The maximum absolute atomic E-state index is 11.3. The fraction of sp³-hybridized carbons (Fsp3) is 0.800. The molecule has 0 N–H and O–H groups in total. The van der Waals surface area contributed by atoms with Crippen molar-refractivity contribution in [1.82, 2.24) is 0 Å². The minimum absolute atomic E-state index is 0.312. The Morgan fingerprint density at radius 2 is 1.42 bits per heavy atom. The van der Waals surface area contributed by atoms with Crippen molar-refractivity contribution in [2.75, 3.05) is 13.2 Å². The highest BCUT2D eigenvalue weighted by atomic mass is 28.4. The number of hydrogen-bond acceptors (Lipinski definition) is 3. The van der Waals surface area contributed by atoms with Crippen molar-refractivity contribution in [3.63, 3.8) is 0 Å². The Balaban J connectivity index is 4.53. The highest BCUT2D eigenvalue weighted by Gasteiger charge is 2.44. The zero-order valence-corrected chi connectivity index (χ0v) is 14.6. The Morgan fingerprint density at radius 3 is 1.74 bits per heavy atom. The molecule has 0 saturated carbocycles. The van der Waals surface area contributed by atoms with E-state index in [-0.39, 0.29) is 5.97 Å². The van der Waals surface area contributed by atoms with Gasteiger partial charge in [0.15, 0.2) is 8.32 Å². The lowest BCUT2D eigenvalue weighted by Crippen LogP contribution is -2.48. The molecule has 0 aliphatic carbocycles. The van der Waals surface area contributed by atoms with E-state index in [0.29, 0.717) is 35.4 Å². The minimum atomic E-state index is -1.84. The Kier molecular flexibility index (Phi) is 7.60. The number of carbonyl (C=O) groups excluding carboxylic acids is 1. The van der Waals surface area contributed by atoms with Crippen LogP contribution >= 0.6 is 0 Å². The van der Waals surface area contributed by atoms with Crippen molar-refractivity contribution >= 4 is 14.3 Å². The molecule has 0 rings (SSSR count). The first-order valence-corrected chi connectivity index (χ1v) is 9.26. The SMILES string of the molecule is C=C(C)C(=O)OCCO[Si](C(C)C)(C(C)C)C(C)C. The smallest absolute Gasteiger partial charge is 0.333 e. The van der Waals surface area contributed by atoms with E-state index in [9.17, 15) is 4.79 Å². The minimum Gasteiger partial charge on any atom is -0.460 e. The number of esters is 1. The molecule has 19 heavy (non-hydrogen) atoms. The second-order valence-electron chi connectivity index (χ2n) is 6.08. The van der Waals surface area contributed by atoms with Crippen LogP contribution in [0.2, 0.25) is 16.6 Å². The molecule has 0 aromatic carbocycles. The molecule has 4 heteroatoms. The normalized spacial score (nSPS) is 12.3. The van der Waals surface area contributed by atoms with E-state index in [0.717, 1.165) is 0 Å². The third-order valence-corrected chi connectivity index (χ3v) is 9.84. The van der Waals surface area contributed by atoms with Crippen LogP contribution in [0.25, 0.3) is 0 Å². The van der Waals surface area contributed by atoms with Gasteiger partial charge in [0.25, 0.3) is 0 Å². The van der Waals surface area contributed by atoms with Gasteiger partial charge in [-0.25, -0.2) is 4.79 Å². The number of hydrogen-bond donors (Lipinski definition) is 0. The molecule has 0 aromatic heterocycles. The zero-order valence-electron chi connectivity index (χ0n) is 13.6. The molecule has 0 amide bonds. The maximum Gasteiger partial charge on any atom is 0.333 e. The van der Waals surface area contributed by atoms with E-state index in [1.807, 2.05) is 0 Å². The summed E-state index contributed by atoms with van der Waals surface area (Å²) >= 11 is 0. The Labute approximate surface area is 119 Å². The van der Waals surface area contributed by atoms with Crippen LogP contribution < -0.4 is 0 Å². The van der Waals surface area contributed by atoms with Crippen LogP contribution in [-0.2, 0) is 14.0 Å². The van der Waals surface area contributed by atoms with Crippen molar-refractivity contribution < 1.29 is 14.0 Å². The second kappa shape index (κ2) is 7.85. The van der Waals surface area contributed by atoms with Crippen molar-refractivity contribution in [2.45, 2.75) is 65.1 Å². The van der Waals surface area contributed by atoms with Crippen LogP contribution in [0.3, 0.4) is 0 Å². The summed E-state index contributed by atoms with van der Waals surface area (Å²) in [4.78, 5) is 11.3. The van der Waals surface area contributed by atoms with Crippen molar-refractivity contribution in [1.29, 1.82) is 0 Å². The summed E-state index contributed by atoms with van der Waals surface area (Å²) in [6, 6.07) is 0. The van der Waals surface area contributed by atoms with E-state index in [2.05, 4.69) is 48.1 Å². The largest absolute Gasteiger partial charge is 0.460 e. The summed E-state index contributed by atoms with van der Waals surface area (Å²) in [7, 11) is -1.84. The van der Waals surface area contributed by atoms with Gasteiger partial charge >= 0.3 is 5.97 Å². The monoisotopic (exact) mass is 286 g/mol. The van der Waals surface area contributed by atoms with E-state index in [1.165, 1.54) is 0 Å². The van der Waals surface area contributed by atoms with Gasteiger partial charge in [-0.05, 0) is 23.5 Å². The zero-order chi connectivity index (χ0) is 15.2. The average molecular weight is 286 g/mol. The van der Waals surface area contributed by atoms with E-state index < -0.39 is 8.32 Å². The predicted molar refractivity (Wildman–Crippen MR) is 82.8 cm³/mol. The number of carbonyl (C=O) groups is 1. The molecule has 0 aliphatic heterocycles. The number of ether oxygens (including phenoxy) is 1. The molecule has 0 spiro atoms. The van der Waals surface area contributed by atoms with Gasteiger partial charge in [0, 0.05) is 5.57 Å². The third-order valence-electron chi connectivity index (χ3n) is 3.72. The lowest BCUT2D eigenvalue weighted by molar-refractivity contribution is -0.139. The molecule has 3 nitrogen and oxygen atoms in total. The lowest BCUT2D eigenvalue weighted by Gasteiger charge is -2.42. The Morgan fingerprint density at radius 1 is 1.00 bits per heavy atom. The standard InChI is InChI=1S/C15H30O3Si/c1-11(2)15(16)17-9-10-18-19(12(3)4,13(5)6)14(7)8/h12-14H,1,9-10H2,2-8H3. The van der Waals surface area contributed by atoms with E-state index in [4.69, 9.17) is 9.16 Å². The molecule has 0 fully saturated rings. The van der Waals surface area contributed by atoms with Gasteiger partial charge in [-0.3, -0.25) is 0 Å². The Bertz CT molecular complexity index is 287. The van der Waals surface area contributed by atoms with Crippen LogP contribution in [0.15, 0.2) is 12.2 Å². The fourth-order valence-corrected chi connectivity index (χ4v) is 8.41. The van der Waals surface area contributed by atoms with Gasteiger partial charge in [0.2, 0.25) is 0 Å². The van der Waals surface area contributed by atoms with Gasteiger partial charge < -0.3 is 9.16 Å². The summed E-state index contributed by atoms with van der Waals surface area (Å²) in [5.74, 6) is -0.338.